The van der Waals surface area contributed by atoms with Gasteiger partial charge in [-0.15, -0.1) is 0 Å². The van der Waals surface area contributed by atoms with Crippen LogP contribution in [0.25, 0.3) is 0 Å². The molecule has 0 atom stereocenters. The van der Waals surface area contributed by atoms with Crippen molar-refractivity contribution in [2.75, 3.05) is 5.32 Å². The molecule has 8 heteroatoms. The van der Waals surface area contributed by atoms with Crippen LogP contribution in [0.3, 0.4) is 0 Å². The lowest BCUT2D eigenvalue weighted by Gasteiger charge is -2.07. The number of imidazole rings is 1. The van der Waals surface area contributed by atoms with Gasteiger partial charge in [-0.3, -0.25) is 9.48 Å². The van der Waals surface area contributed by atoms with Crippen LogP contribution in [0, 0.1) is 0 Å². The number of esters is 1. The molecule has 8 nitrogen and oxygen atoms in total. The molecule has 0 aliphatic heterocycles. The number of carbonyl (C=O) groups excluding carboxylic acids is 2. The molecule has 0 spiro atoms. The number of aryl methyl sites for hydroxylation is 2. The zero-order valence-electron chi connectivity index (χ0n) is 13.1. The lowest BCUT2D eigenvalue weighted by atomic mass is 10.3. The van der Waals surface area contributed by atoms with E-state index >= 15 is 0 Å². The van der Waals surface area contributed by atoms with Crippen LogP contribution in [0.5, 0.6) is 5.75 Å². The van der Waals surface area contributed by atoms with Gasteiger partial charge in [-0.05, 0) is 30.3 Å². The second-order valence-corrected chi connectivity index (χ2v) is 5.10. The maximum absolute atomic E-state index is 12.1. The molecule has 0 bridgehead atoms. The second-order valence-electron chi connectivity index (χ2n) is 5.10. The molecule has 2 aromatic heterocycles. The lowest BCUT2D eigenvalue weighted by molar-refractivity contribution is 0.0723. The molecular formula is C16H15N5O3. The summed E-state index contributed by atoms with van der Waals surface area (Å²) in [6.45, 7) is 0. The molecule has 0 saturated heterocycles. The number of hydrogen-bond donors (Lipinski definition) is 1. The Morgan fingerprint density at radius 3 is 2.42 bits per heavy atom. The first-order valence-corrected chi connectivity index (χ1v) is 7.12. The third kappa shape index (κ3) is 3.17. The highest BCUT2D eigenvalue weighted by Crippen LogP contribution is 2.17. The number of carbonyl (C=O) groups is 2. The molecule has 1 aromatic carbocycles. The molecule has 1 N–H and O–H groups in total. The number of aromatic nitrogens is 4. The molecule has 0 aliphatic carbocycles. The third-order valence-electron chi connectivity index (χ3n) is 3.40. The number of hydrogen-bond acceptors (Lipinski definition) is 5. The summed E-state index contributed by atoms with van der Waals surface area (Å²) in [5, 5.41) is 6.67. The van der Waals surface area contributed by atoms with E-state index < -0.39 is 5.97 Å². The molecule has 122 valence electrons. The Labute approximate surface area is 137 Å². The summed E-state index contributed by atoms with van der Waals surface area (Å²) >= 11 is 0. The maximum atomic E-state index is 12.1. The van der Waals surface area contributed by atoms with Gasteiger partial charge >= 0.3 is 5.97 Å². The van der Waals surface area contributed by atoms with E-state index in [1.165, 1.54) is 17.1 Å². The third-order valence-corrected chi connectivity index (χ3v) is 3.40. The van der Waals surface area contributed by atoms with E-state index in [0.29, 0.717) is 22.8 Å². The predicted molar refractivity (Wildman–Crippen MR) is 85.8 cm³/mol. The Morgan fingerprint density at radius 1 is 1.08 bits per heavy atom. The number of ether oxygens (including phenoxy) is 1. The molecule has 0 saturated carbocycles. The first-order valence-electron chi connectivity index (χ1n) is 7.12. The molecule has 0 unspecified atom stereocenters. The summed E-state index contributed by atoms with van der Waals surface area (Å²) in [5.74, 6) is -0.393. The van der Waals surface area contributed by atoms with Crippen LogP contribution in [-0.4, -0.2) is 31.2 Å². The number of nitrogens with zero attached hydrogens (tertiary/aromatic N) is 4. The minimum absolute atomic E-state index is 0.269. The molecule has 1 amide bonds. The first kappa shape index (κ1) is 15.5. The van der Waals surface area contributed by atoms with E-state index in [4.69, 9.17) is 4.74 Å². The normalized spacial score (nSPS) is 10.4. The molecule has 0 radical (unpaired) electrons. The van der Waals surface area contributed by atoms with Crippen LogP contribution < -0.4 is 10.1 Å². The number of amides is 1. The Kier molecular flexibility index (Phi) is 4.11. The number of nitrogens with one attached hydrogen (secondary N) is 1. The highest BCUT2D eigenvalue weighted by molar-refractivity contribution is 6.03. The Hall–Kier alpha value is -3.42. The van der Waals surface area contributed by atoms with Crippen molar-refractivity contribution in [1.82, 2.24) is 19.3 Å². The predicted octanol–water partition coefficient (Wildman–Crippen LogP) is 1.63. The zero-order valence-corrected chi connectivity index (χ0v) is 13.1. The van der Waals surface area contributed by atoms with Gasteiger partial charge in [0.05, 0.1) is 12.5 Å². The van der Waals surface area contributed by atoms with Crippen LogP contribution >= 0.6 is 0 Å². The maximum Gasteiger partial charge on any atom is 0.361 e. The van der Waals surface area contributed by atoms with Gasteiger partial charge in [0.2, 0.25) is 0 Å². The van der Waals surface area contributed by atoms with Crippen molar-refractivity contribution in [3.63, 3.8) is 0 Å². The van der Waals surface area contributed by atoms with Crippen molar-refractivity contribution in [2.45, 2.75) is 0 Å². The summed E-state index contributed by atoms with van der Waals surface area (Å²) in [6.07, 6.45) is 4.56. The molecule has 0 aliphatic rings. The Morgan fingerprint density at radius 2 is 1.83 bits per heavy atom. The summed E-state index contributed by atoms with van der Waals surface area (Å²) in [7, 11) is 3.40. The van der Waals surface area contributed by atoms with Crippen molar-refractivity contribution < 1.29 is 14.3 Å². The second kappa shape index (κ2) is 6.37. The van der Waals surface area contributed by atoms with Crippen LogP contribution in [0.1, 0.15) is 21.0 Å². The first-order chi connectivity index (χ1) is 11.5. The lowest BCUT2D eigenvalue weighted by Crippen LogP contribution is -2.15. The highest BCUT2D eigenvalue weighted by atomic mass is 16.5. The van der Waals surface area contributed by atoms with E-state index in [1.807, 2.05) is 0 Å². The Bertz CT molecular complexity index is 806. The van der Waals surface area contributed by atoms with E-state index in [9.17, 15) is 9.59 Å². The van der Waals surface area contributed by atoms with Crippen molar-refractivity contribution >= 4 is 17.6 Å². The monoisotopic (exact) mass is 325 g/mol. The van der Waals surface area contributed by atoms with Gasteiger partial charge in [0, 0.05) is 26.0 Å². The van der Waals surface area contributed by atoms with Gasteiger partial charge < -0.3 is 14.6 Å². The smallest absolute Gasteiger partial charge is 0.361 e. The van der Waals surface area contributed by atoms with Gasteiger partial charge in [0.15, 0.2) is 0 Å². The molecular weight excluding hydrogens is 310 g/mol. The van der Waals surface area contributed by atoms with Crippen molar-refractivity contribution in [3.05, 3.63) is 60.4 Å². The van der Waals surface area contributed by atoms with Crippen molar-refractivity contribution in [2.24, 2.45) is 14.1 Å². The number of benzene rings is 1. The minimum Gasteiger partial charge on any atom is -0.422 e. The molecule has 24 heavy (non-hydrogen) atoms. The van der Waals surface area contributed by atoms with Gasteiger partial charge in [0.1, 0.15) is 17.1 Å². The summed E-state index contributed by atoms with van der Waals surface area (Å²) in [5.41, 5.74) is 1.38. The molecule has 3 aromatic rings. The quantitative estimate of drug-likeness (QED) is 0.581. The van der Waals surface area contributed by atoms with Crippen LogP contribution in [0.4, 0.5) is 5.69 Å². The average molecular weight is 325 g/mol. The largest absolute Gasteiger partial charge is 0.422 e. The number of anilines is 1. The summed E-state index contributed by atoms with van der Waals surface area (Å²) in [4.78, 5) is 28.0. The van der Waals surface area contributed by atoms with Gasteiger partial charge in [-0.2, -0.15) is 5.10 Å². The fraction of sp³-hybridized carbons (Fsp3) is 0.125. The van der Waals surface area contributed by atoms with Crippen molar-refractivity contribution in [3.8, 4) is 5.75 Å². The highest BCUT2D eigenvalue weighted by Gasteiger charge is 2.13. The number of rotatable bonds is 4. The SMILES string of the molecule is Cn1cncc1C(=O)Nc1ccc(OC(=O)c2ccnn2C)cc1. The fourth-order valence-corrected chi connectivity index (χ4v) is 2.11. The van der Waals surface area contributed by atoms with Crippen LogP contribution in [0.15, 0.2) is 49.1 Å². The van der Waals surface area contributed by atoms with Gasteiger partial charge in [-0.25, -0.2) is 9.78 Å². The molecule has 2 heterocycles. The van der Waals surface area contributed by atoms with E-state index in [-0.39, 0.29) is 5.91 Å². The Balaban J connectivity index is 1.65. The summed E-state index contributed by atoms with van der Waals surface area (Å²) < 4.78 is 8.32. The minimum atomic E-state index is -0.498. The van der Waals surface area contributed by atoms with Gasteiger partial charge in [0.25, 0.3) is 5.91 Å². The van der Waals surface area contributed by atoms with Gasteiger partial charge in [-0.1, -0.05) is 0 Å². The standard InChI is InChI=1S/C16H15N5O3/c1-20-10-17-9-14(20)15(22)19-11-3-5-12(6-4-11)24-16(23)13-7-8-18-21(13)2/h3-10H,1-2H3,(H,19,22). The van der Waals surface area contributed by atoms with Crippen LogP contribution in [-0.2, 0) is 14.1 Å². The van der Waals surface area contributed by atoms with Crippen molar-refractivity contribution in [1.29, 1.82) is 0 Å². The van der Waals surface area contributed by atoms with E-state index in [2.05, 4.69) is 15.4 Å². The summed E-state index contributed by atoms with van der Waals surface area (Å²) in [6, 6.07) is 8.09. The topological polar surface area (TPSA) is 91.0 Å². The fourth-order valence-electron chi connectivity index (χ4n) is 2.11. The molecule has 3 rings (SSSR count). The molecule has 0 fully saturated rings. The van der Waals surface area contributed by atoms with Crippen LogP contribution in [0.2, 0.25) is 0 Å². The zero-order chi connectivity index (χ0) is 17.1. The average Bonchev–Trinajstić information content (AvgIpc) is 3.17. The van der Waals surface area contributed by atoms with E-state index in [1.54, 1.807) is 55.3 Å². The van der Waals surface area contributed by atoms with E-state index in [0.717, 1.165) is 0 Å².